The van der Waals surface area contributed by atoms with Gasteiger partial charge in [-0.1, -0.05) is 6.07 Å². The van der Waals surface area contributed by atoms with Gasteiger partial charge in [0.25, 0.3) is 0 Å². The summed E-state index contributed by atoms with van der Waals surface area (Å²) in [6.45, 7) is 6.30. The van der Waals surface area contributed by atoms with Crippen molar-refractivity contribution in [2.24, 2.45) is 0 Å². The van der Waals surface area contributed by atoms with Gasteiger partial charge in [0.15, 0.2) is 11.5 Å². The molecule has 1 N–H and O–H groups in total. The van der Waals surface area contributed by atoms with Crippen molar-refractivity contribution in [2.75, 3.05) is 27.3 Å². The molecule has 1 aromatic rings. The van der Waals surface area contributed by atoms with Gasteiger partial charge in [0, 0.05) is 12.5 Å². The number of hydrogen-bond acceptors (Lipinski definition) is 5. The number of nitrogens with zero attached hydrogens (tertiary/aromatic N) is 1. The first-order chi connectivity index (χ1) is 11.2. The Morgan fingerprint density at radius 3 is 2.42 bits per heavy atom. The maximum absolute atomic E-state index is 12.1. The summed E-state index contributed by atoms with van der Waals surface area (Å²) in [5, 5.41) is 10.5. The van der Waals surface area contributed by atoms with Crippen molar-refractivity contribution in [1.29, 1.82) is 0 Å². The van der Waals surface area contributed by atoms with E-state index < -0.39 is 11.7 Å². The van der Waals surface area contributed by atoms with Gasteiger partial charge >= 0.3 is 6.09 Å². The van der Waals surface area contributed by atoms with Crippen LogP contribution < -0.4 is 9.47 Å². The summed E-state index contributed by atoms with van der Waals surface area (Å²) >= 11 is 0. The van der Waals surface area contributed by atoms with Crippen LogP contribution in [-0.2, 0) is 4.74 Å². The van der Waals surface area contributed by atoms with Gasteiger partial charge in [-0.3, -0.25) is 0 Å². The first kappa shape index (κ1) is 18.4. The van der Waals surface area contributed by atoms with Crippen LogP contribution in [0.15, 0.2) is 18.2 Å². The van der Waals surface area contributed by atoms with E-state index in [4.69, 9.17) is 14.2 Å². The molecule has 0 aliphatic carbocycles. The van der Waals surface area contributed by atoms with E-state index >= 15 is 0 Å². The third-order valence-corrected chi connectivity index (χ3v) is 4.07. The summed E-state index contributed by atoms with van der Waals surface area (Å²) in [6.07, 6.45) is -0.368. The molecule has 0 unspecified atom stereocenters. The number of piperidine rings is 1. The summed E-state index contributed by atoms with van der Waals surface area (Å²) in [4.78, 5) is 13.7. The Morgan fingerprint density at radius 2 is 1.88 bits per heavy atom. The highest BCUT2D eigenvalue weighted by atomic mass is 16.6. The summed E-state index contributed by atoms with van der Waals surface area (Å²) in [6, 6.07) is 5.65. The number of hydrogen-bond donors (Lipinski definition) is 1. The van der Waals surface area contributed by atoms with E-state index in [1.54, 1.807) is 19.1 Å². The van der Waals surface area contributed by atoms with Crippen molar-refractivity contribution in [3.05, 3.63) is 23.8 Å². The van der Waals surface area contributed by atoms with E-state index in [2.05, 4.69) is 0 Å². The number of benzene rings is 1. The van der Waals surface area contributed by atoms with Gasteiger partial charge in [-0.2, -0.15) is 0 Å². The number of aliphatic hydroxyl groups excluding tert-OH is 1. The van der Waals surface area contributed by atoms with Crippen LogP contribution in [0, 0.1) is 0 Å². The number of aliphatic hydroxyl groups is 1. The molecule has 2 rings (SSSR count). The third-order valence-electron chi connectivity index (χ3n) is 4.07. The number of β-amino-alcohol motifs (C(OH)–C–C–N with tert-alkyl or cyclic N) is 1. The van der Waals surface area contributed by atoms with Gasteiger partial charge in [0.05, 0.1) is 26.9 Å². The molecule has 0 saturated carbocycles. The molecule has 0 bridgehead atoms. The third kappa shape index (κ3) is 4.32. The zero-order valence-corrected chi connectivity index (χ0v) is 15.0. The fraction of sp³-hybridized carbons (Fsp3) is 0.611. The van der Waals surface area contributed by atoms with E-state index in [0.717, 1.165) is 5.56 Å². The Morgan fingerprint density at radius 1 is 1.21 bits per heavy atom. The highest BCUT2D eigenvalue weighted by Crippen LogP contribution is 2.35. The fourth-order valence-electron chi connectivity index (χ4n) is 2.90. The molecule has 2 atom stereocenters. The molecule has 1 aliphatic heterocycles. The van der Waals surface area contributed by atoms with E-state index in [0.29, 0.717) is 24.5 Å². The SMILES string of the molecule is COc1ccc([C@H]2CCN(C(=O)OC(C)(C)C)C[C@H]2O)cc1OC. The van der Waals surface area contributed by atoms with Crippen LogP contribution in [0.2, 0.25) is 0 Å². The second kappa shape index (κ2) is 7.30. The lowest BCUT2D eigenvalue weighted by atomic mass is 9.87. The normalized spacial score (nSPS) is 21.3. The molecular formula is C18H27NO5. The van der Waals surface area contributed by atoms with Crippen molar-refractivity contribution in [3.63, 3.8) is 0 Å². The van der Waals surface area contributed by atoms with E-state index in [9.17, 15) is 9.90 Å². The van der Waals surface area contributed by atoms with Crippen molar-refractivity contribution in [3.8, 4) is 11.5 Å². The minimum absolute atomic E-state index is 0.0523. The topological polar surface area (TPSA) is 68.2 Å². The Balaban J connectivity index is 2.07. The monoisotopic (exact) mass is 337 g/mol. The average molecular weight is 337 g/mol. The number of methoxy groups -OCH3 is 2. The molecule has 1 heterocycles. The van der Waals surface area contributed by atoms with Gasteiger partial charge in [-0.05, 0) is 44.9 Å². The minimum atomic E-state index is -0.649. The molecule has 6 heteroatoms. The van der Waals surface area contributed by atoms with Crippen molar-refractivity contribution < 1.29 is 24.1 Å². The molecule has 1 amide bonds. The second-order valence-electron chi connectivity index (χ2n) is 7.00. The largest absolute Gasteiger partial charge is 0.493 e. The van der Waals surface area contributed by atoms with Crippen LogP contribution in [0.4, 0.5) is 4.79 Å². The van der Waals surface area contributed by atoms with Crippen LogP contribution in [0.1, 0.15) is 38.7 Å². The molecule has 0 aromatic heterocycles. The number of rotatable bonds is 3. The molecule has 134 valence electrons. The van der Waals surface area contributed by atoms with Crippen molar-refractivity contribution >= 4 is 6.09 Å². The average Bonchev–Trinajstić information content (AvgIpc) is 2.52. The van der Waals surface area contributed by atoms with Crippen LogP contribution in [0.3, 0.4) is 0 Å². The van der Waals surface area contributed by atoms with Crippen molar-refractivity contribution in [1.82, 2.24) is 4.90 Å². The zero-order valence-electron chi connectivity index (χ0n) is 15.0. The summed E-state index contributed by atoms with van der Waals surface area (Å²) in [7, 11) is 3.18. The van der Waals surface area contributed by atoms with E-state index in [1.165, 1.54) is 0 Å². The molecule has 1 saturated heterocycles. The Bertz CT molecular complexity index is 581. The van der Waals surface area contributed by atoms with Crippen LogP contribution >= 0.6 is 0 Å². The zero-order chi connectivity index (χ0) is 17.9. The summed E-state index contributed by atoms with van der Waals surface area (Å²) in [5.41, 5.74) is 0.436. The maximum Gasteiger partial charge on any atom is 0.410 e. The Kier molecular flexibility index (Phi) is 5.59. The maximum atomic E-state index is 12.1. The molecular weight excluding hydrogens is 310 g/mol. The van der Waals surface area contributed by atoms with Crippen molar-refractivity contribution in [2.45, 2.75) is 44.8 Å². The fourth-order valence-corrected chi connectivity index (χ4v) is 2.90. The number of likely N-dealkylation sites (tertiary alicyclic amines) is 1. The van der Waals surface area contributed by atoms with Gasteiger partial charge in [0.1, 0.15) is 5.60 Å². The molecule has 0 radical (unpaired) electrons. The first-order valence-corrected chi connectivity index (χ1v) is 8.13. The van der Waals surface area contributed by atoms with Gasteiger partial charge < -0.3 is 24.2 Å². The lowest BCUT2D eigenvalue weighted by Gasteiger charge is -2.37. The minimum Gasteiger partial charge on any atom is -0.493 e. The molecule has 1 fully saturated rings. The van der Waals surface area contributed by atoms with Crippen LogP contribution in [-0.4, -0.2) is 55.1 Å². The van der Waals surface area contributed by atoms with Crippen LogP contribution in [0.5, 0.6) is 11.5 Å². The molecule has 24 heavy (non-hydrogen) atoms. The molecule has 1 aliphatic rings. The summed E-state index contributed by atoms with van der Waals surface area (Å²) in [5.74, 6) is 1.24. The quantitative estimate of drug-likeness (QED) is 0.918. The highest BCUT2D eigenvalue weighted by molar-refractivity contribution is 5.68. The number of ether oxygens (including phenoxy) is 3. The van der Waals surface area contributed by atoms with Gasteiger partial charge in [-0.25, -0.2) is 4.79 Å². The van der Waals surface area contributed by atoms with Gasteiger partial charge in [0.2, 0.25) is 0 Å². The van der Waals surface area contributed by atoms with E-state index in [1.807, 2.05) is 39.0 Å². The van der Waals surface area contributed by atoms with Gasteiger partial charge in [-0.15, -0.1) is 0 Å². The second-order valence-corrected chi connectivity index (χ2v) is 7.00. The molecule has 0 spiro atoms. The number of carbonyl (C=O) groups is 1. The predicted octanol–water partition coefficient (Wildman–Crippen LogP) is 2.79. The standard InChI is InChI=1S/C18H27NO5/c1-18(2,3)24-17(21)19-9-8-13(14(20)11-19)12-6-7-15(22-4)16(10-12)23-5/h6-7,10,13-14,20H,8-9,11H2,1-5H3/t13-,14-/m1/s1. The Labute approximate surface area is 143 Å². The number of amides is 1. The predicted molar refractivity (Wildman–Crippen MR) is 90.7 cm³/mol. The summed E-state index contributed by atoms with van der Waals surface area (Å²) < 4.78 is 15.9. The van der Waals surface area contributed by atoms with E-state index in [-0.39, 0.29) is 18.6 Å². The molecule has 1 aromatic carbocycles. The number of carbonyl (C=O) groups excluding carboxylic acids is 1. The Hall–Kier alpha value is -1.95. The first-order valence-electron chi connectivity index (χ1n) is 8.13. The molecule has 6 nitrogen and oxygen atoms in total. The lowest BCUT2D eigenvalue weighted by Crippen LogP contribution is -2.47. The lowest BCUT2D eigenvalue weighted by molar-refractivity contribution is -0.00154. The van der Waals surface area contributed by atoms with Crippen LogP contribution in [0.25, 0.3) is 0 Å². The smallest absolute Gasteiger partial charge is 0.410 e. The highest BCUT2D eigenvalue weighted by Gasteiger charge is 2.33.